The van der Waals surface area contributed by atoms with Crippen molar-refractivity contribution in [2.24, 2.45) is 0 Å². The highest BCUT2D eigenvalue weighted by molar-refractivity contribution is 7.15. The van der Waals surface area contributed by atoms with Crippen LogP contribution in [0.15, 0.2) is 6.20 Å². The molecular weight excluding hydrogens is 300 g/mol. The summed E-state index contributed by atoms with van der Waals surface area (Å²) >= 11 is 1.73. The summed E-state index contributed by atoms with van der Waals surface area (Å²) in [6.45, 7) is 10.9. The first-order chi connectivity index (χ1) is 10.5. The Morgan fingerprint density at radius 2 is 2.27 bits per heavy atom. The van der Waals surface area contributed by atoms with E-state index in [0.29, 0.717) is 13.2 Å². The van der Waals surface area contributed by atoms with Crippen LogP contribution in [-0.2, 0) is 16.1 Å². The molecule has 6 nitrogen and oxygen atoms in total. The normalized spacial score (nSPS) is 22.5. The number of nitrogens with one attached hydrogen (secondary N) is 1. The SMILES string of the molecule is CCN(CC)c1ncc(CN2CCOC(C)(C(=O)NC)C2)s1. The number of carbonyl (C=O) groups excluding carboxylic acids is 1. The lowest BCUT2D eigenvalue weighted by atomic mass is 10.0. The molecule has 0 aliphatic carbocycles. The highest BCUT2D eigenvalue weighted by atomic mass is 32.1. The lowest BCUT2D eigenvalue weighted by Gasteiger charge is -2.38. The number of hydrogen-bond acceptors (Lipinski definition) is 6. The second kappa shape index (κ2) is 7.39. The van der Waals surface area contributed by atoms with E-state index >= 15 is 0 Å². The number of ether oxygens (including phenoxy) is 1. The van der Waals surface area contributed by atoms with Crippen LogP contribution in [0, 0.1) is 0 Å². The second-order valence-electron chi connectivity index (χ2n) is 5.65. The highest BCUT2D eigenvalue weighted by Gasteiger charge is 2.38. The number of rotatable bonds is 6. The van der Waals surface area contributed by atoms with E-state index in [2.05, 4.69) is 33.9 Å². The van der Waals surface area contributed by atoms with E-state index in [1.165, 1.54) is 4.88 Å². The molecule has 124 valence electrons. The molecule has 2 heterocycles. The zero-order valence-corrected chi connectivity index (χ0v) is 14.7. The summed E-state index contributed by atoms with van der Waals surface area (Å²) in [5.74, 6) is -0.0645. The van der Waals surface area contributed by atoms with Crippen molar-refractivity contribution in [3.05, 3.63) is 11.1 Å². The molecule has 1 atom stereocenters. The minimum atomic E-state index is -0.764. The Bertz CT molecular complexity index is 503. The molecule has 1 aromatic rings. The van der Waals surface area contributed by atoms with Crippen LogP contribution in [0.4, 0.5) is 5.13 Å². The molecule has 1 amide bonds. The minimum Gasteiger partial charge on any atom is -0.363 e. The van der Waals surface area contributed by atoms with Crippen LogP contribution in [0.3, 0.4) is 0 Å². The predicted octanol–water partition coefficient (Wildman–Crippen LogP) is 1.33. The van der Waals surface area contributed by atoms with Gasteiger partial charge in [0.25, 0.3) is 5.91 Å². The number of carbonyl (C=O) groups is 1. The number of anilines is 1. The van der Waals surface area contributed by atoms with Crippen LogP contribution in [0.1, 0.15) is 25.6 Å². The molecule has 2 rings (SSSR count). The van der Waals surface area contributed by atoms with Crippen molar-refractivity contribution < 1.29 is 9.53 Å². The van der Waals surface area contributed by atoms with Crippen molar-refractivity contribution in [2.75, 3.05) is 44.7 Å². The molecule has 0 spiro atoms. The quantitative estimate of drug-likeness (QED) is 0.854. The number of thiazole rings is 1. The van der Waals surface area contributed by atoms with Gasteiger partial charge in [0.1, 0.15) is 0 Å². The first-order valence-electron chi connectivity index (χ1n) is 7.80. The summed E-state index contributed by atoms with van der Waals surface area (Å²) in [6.07, 6.45) is 1.95. The molecule has 0 radical (unpaired) electrons. The van der Waals surface area contributed by atoms with Crippen LogP contribution in [0.5, 0.6) is 0 Å². The third-order valence-corrected chi connectivity index (χ3v) is 5.06. The molecule has 1 aliphatic rings. The molecule has 1 N–H and O–H groups in total. The topological polar surface area (TPSA) is 57.7 Å². The van der Waals surface area contributed by atoms with Crippen LogP contribution >= 0.6 is 11.3 Å². The smallest absolute Gasteiger partial charge is 0.253 e. The molecular formula is C15H26N4O2S. The lowest BCUT2D eigenvalue weighted by Crippen LogP contribution is -2.57. The first-order valence-corrected chi connectivity index (χ1v) is 8.62. The fraction of sp³-hybridized carbons (Fsp3) is 0.733. The third kappa shape index (κ3) is 3.77. The fourth-order valence-electron chi connectivity index (χ4n) is 2.72. The summed E-state index contributed by atoms with van der Waals surface area (Å²) in [5.41, 5.74) is -0.764. The van der Waals surface area contributed by atoms with E-state index in [1.54, 1.807) is 18.4 Å². The van der Waals surface area contributed by atoms with Crippen molar-refractivity contribution in [1.29, 1.82) is 0 Å². The van der Waals surface area contributed by atoms with Crippen molar-refractivity contribution in [2.45, 2.75) is 32.9 Å². The molecule has 1 saturated heterocycles. The van der Waals surface area contributed by atoms with Gasteiger partial charge >= 0.3 is 0 Å². The van der Waals surface area contributed by atoms with E-state index in [4.69, 9.17) is 4.74 Å². The largest absolute Gasteiger partial charge is 0.363 e. The Morgan fingerprint density at radius 1 is 1.55 bits per heavy atom. The van der Waals surface area contributed by atoms with Crippen LogP contribution < -0.4 is 10.2 Å². The average Bonchev–Trinajstić information content (AvgIpc) is 2.96. The van der Waals surface area contributed by atoms with Gasteiger partial charge in [-0.1, -0.05) is 0 Å². The second-order valence-corrected chi connectivity index (χ2v) is 6.74. The average molecular weight is 326 g/mol. The Morgan fingerprint density at radius 3 is 2.91 bits per heavy atom. The fourth-order valence-corrected chi connectivity index (χ4v) is 3.80. The molecule has 1 aliphatic heterocycles. The number of likely N-dealkylation sites (N-methyl/N-ethyl adjacent to an activating group) is 1. The van der Waals surface area contributed by atoms with Gasteiger partial charge in [-0.25, -0.2) is 4.98 Å². The van der Waals surface area contributed by atoms with Gasteiger partial charge < -0.3 is 15.0 Å². The number of hydrogen-bond donors (Lipinski definition) is 1. The van der Waals surface area contributed by atoms with Gasteiger partial charge in [-0.3, -0.25) is 9.69 Å². The van der Waals surface area contributed by atoms with Crippen LogP contribution in [0.2, 0.25) is 0 Å². The monoisotopic (exact) mass is 326 g/mol. The molecule has 1 fully saturated rings. The van der Waals surface area contributed by atoms with Crippen molar-refractivity contribution in [1.82, 2.24) is 15.2 Å². The lowest BCUT2D eigenvalue weighted by molar-refractivity contribution is -0.156. The summed E-state index contributed by atoms with van der Waals surface area (Å²) in [5, 5.41) is 3.76. The summed E-state index contributed by atoms with van der Waals surface area (Å²) in [7, 11) is 1.65. The Hall–Kier alpha value is -1.18. The third-order valence-electron chi connectivity index (χ3n) is 4.02. The highest BCUT2D eigenvalue weighted by Crippen LogP contribution is 2.25. The Labute approximate surface area is 136 Å². The maximum absolute atomic E-state index is 12.0. The predicted molar refractivity (Wildman–Crippen MR) is 89.4 cm³/mol. The summed E-state index contributed by atoms with van der Waals surface area (Å²) in [4.78, 5) is 22.2. The van der Waals surface area contributed by atoms with Gasteiger partial charge in [0.2, 0.25) is 0 Å². The Kier molecular flexibility index (Phi) is 5.77. The molecule has 0 aromatic carbocycles. The number of amides is 1. The van der Waals surface area contributed by atoms with E-state index in [0.717, 1.165) is 31.3 Å². The molecule has 7 heteroatoms. The summed E-state index contributed by atoms with van der Waals surface area (Å²) in [6, 6.07) is 0. The van der Waals surface area contributed by atoms with Gasteiger partial charge in [0, 0.05) is 50.8 Å². The van der Waals surface area contributed by atoms with E-state index in [1.807, 2.05) is 13.1 Å². The van der Waals surface area contributed by atoms with Crippen LogP contribution in [0.25, 0.3) is 0 Å². The molecule has 0 bridgehead atoms. The van der Waals surface area contributed by atoms with Gasteiger partial charge in [-0.15, -0.1) is 11.3 Å². The van der Waals surface area contributed by atoms with Crippen molar-refractivity contribution in [3.63, 3.8) is 0 Å². The van der Waals surface area contributed by atoms with E-state index in [-0.39, 0.29) is 5.91 Å². The number of morpholine rings is 1. The van der Waals surface area contributed by atoms with Gasteiger partial charge in [0.15, 0.2) is 10.7 Å². The minimum absolute atomic E-state index is 0.0645. The first kappa shape index (κ1) is 17.2. The van der Waals surface area contributed by atoms with E-state index < -0.39 is 5.60 Å². The molecule has 1 aromatic heterocycles. The maximum atomic E-state index is 12.0. The van der Waals surface area contributed by atoms with Crippen LogP contribution in [-0.4, -0.2) is 61.2 Å². The standard InChI is InChI=1S/C15H26N4O2S/c1-5-19(6-2)14-17-9-12(22-14)10-18-7-8-21-15(3,11-18)13(20)16-4/h9H,5-8,10-11H2,1-4H3,(H,16,20). The number of aromatic nitrogens is 1. The van der Waals surface area contributed by atoms with Gasteiger partial charge in [0.05, 0.1) is 6.61 Å². The zero-order chi connectivity index (χ0) is 16.2. The van der Waals surface area contributed by atoms with Crippen molar-refractivity contribution >= 4 is 22.4 Å². The maximum Gasteiger partial charge on any atom is 0.253 e. The molecule has 1 unspecified atom stereocenters. The van der Waals surface area contributed by atoms with E-state index in [9.17, 15) is 4.79 Å². The zero-order valence-electron chi connectivity index (χ0n) is 13.9. The van der Waals surface area contributed by atoms with Gasteiger partial charge in [-0.2, -0.15) is 0 Å². The van der Waals surface area contributed by atoms with Gasteiger partial charge in [-0.05, 0) is 20.8 Å². The number of nitrogens with zero attached hydrogens (tertiary/aromatic N) is 3. The van der Waals surface area contributed by atoms with Crippen molar-refractivity contribution in [3.8, 4) is 0 Å². The summed E-state index contributed by atoms with van der Waals surface area (Å²) < 4.78 is 5.69. The molecule has 0 saturated carbocycles. The molecule has 22 heavy (non-hydrogen) atoms. The Balaban J connectivity index is 2.00.